The zero-order chi connectivity index (χ0) is 19.4. The van der Waals surface area contributed by atoms with Crippen LogP contribution < -0.4 is 10.2 Å². The molecule has 2 aromatic carbocycles. The van der Waals surface area contributed by atoms with Crippen molar-refractivity contribution >= 4 is 17.6 Å². The number of esters is 1. The highest BCUT2D eigenvalue weighted by Crippen LogP contribution is 2.27. The molecule has 1 aliphatic carbocycles. The van der Waals surface area contributed by atoms with E-state index >= 15 is 0 Å². The van der Waals surface area contributed by atoms with Gasteiger partial charge in [0.05, 0.1) is 19.7 Å². The molecule has 3 rings (SSSR count). The van der Waals surface area contributed by atoms with E-state index in [0.717, 1.165) is 24.8 Å². The van der Waals surface area contributed by atoms with Crippen molar-refractivity contribution in [1.29, 1.82) is 0 Å². The van der Waals surface area contributed by atoms with Crippen LogP contribution in [-0.2, 0) is 16.0 Å². The van der Waals surface area contributed by atoms with Crippen molar-refractivity contribution in [2.45, 2.75) is 32.2 Å². The third kappa shape index (κ3) is 4.37. The molecule has 0 aromatic heterocycles. The van der Waals surface area contributed by atoms with Gasteiger partial charge < -0.3 is 15.0 Å². The number of rotatable bonds is 5. The number of quaternary nitrogens is 1. The molecule has 0 fully saturated rings. The van der Waals surface area contributed by atoms with E-state index in [1.165, 1.54) is 23.1 Å². The Balaban J connectivity index is 1.69. The van der Waals surface area contributed by atoms with Gasteiger partial charge >= 0.3 is 5.97 Å². The third-order valence-corrected chi connectivity index (χ3v) is 5.34. The highest BCUT2D eigenvalue weighted by molar-refractivity contribution is 5.95. The summed E-state index contributed by atoms with van der Waals surface area (Å²) in [6.45, 7) is 2.28. The first-order valence-electron chi connectivity index (χ1n) is 9.38. The number of methoxy groups -OCH3 is 1. The number of carbonyl (C=O) groups is 2. The SMILES string of the molecule is COC(=O)c1ccc(C)c(NC(=O)C[NH+](C)[C@@H]2CCCc3ccccc32)c1. The topological polar surface area (TPSA) is 59.8 Å². The van der Waals surface area contributed by atoms with Crippen LogP contribution in [-0.4, -0.2) is 32.6 Å². The predicted octanol–water partition coefficient (Wildman–Crippen LogP) is 2.31. The second kappa shape index (κ2) is 8.35. The van der Waals surface area contributed by atoms with E-state index in [2.05, 4.69) is 36.6 Å². The second-order valence-electron chi connectivity index (χ2n) is 7.24. The molecule has 0 heterocycles. The Morgan fingerprint density at radius 2 is 2.00 bits per heavy atom. The summed E-state index contributed by atoms with van der Waals surface area (Å²) in [4.78, 5) is 25.5. The van der Waals surface area contributed by atoms with E-state index in [1.54, 1.807) is 12.1 Å². The molecule has 2 N–H and O–H groups in total. The Kier molecular flexibility index (Phi) is 5.91. The van der Waals surface area contributed by atoms with Gasteiger partial charge in [-0.25, -0.2) is 4.79 Å². The van der Waals surface area contributed by atoms with Crippen molar-refractivity contribution in [3.8, 4) is 0 Å². The summed E-state index contributed by atoms with van der Waals surface area (Å²) in [6.07, 6.45) is 3.36. The van der Waals surface area contributed by atoms with Gasteiger partial charge in [-0.3, -0.25) is 4.79 Å². The minimum Gasteiger partial charge on any atom is -0.465 e. The molecule has 0 saturated heterocycles. The Morgan fingerprint density at radius 1 is 1.22 bits per heavy atom. The number of benzene rings is 2. The maximum Gasteiger partial charge on any atom is 0.337 e. The normalized spacial score (nSPS) is 16.9. The molecule has 2 atom stereocenters. The van der Waals surface area contributed by atoms with E-state index in [9.17, 15) is 9.59 Å². The molecule has 5 heteroatoms. The van der Waals surface area contributed by atoms with E-state index in [0.29, 0.717) is 23.8 Å². The largest absolute Gasteiger partial charge is 0.465 e. The maximum atomic E-state index is 12.6. The number of hydrogen-bond acceptors (Lipinski definition) is 3. The average Bonchev–Trinajstić information content (AvgIpc) is 2.68. The summed E-state index contributed by atoms with van der Waals surface area (Å²) in [5.41, 5.74) is 4.75. The molecule has 1 amide bonds. The molecule has 2 aromatic rings. The Morgan fingerprint density at radius 3 is 2.78 bits per heavy atom. The molecule has 0 saturated carbocycles. The van der Waals surface area contributed by atoms with Gasteiger partial charge in [-0.1, -0.05) is 30.3 Å². The first-order chi connectivity index (χ1) is 13.0. The molecule has 0 spiro atoms. The number of fused-ring (bicyclic) bond motifs is 1. The first-order valence-corrected chi connectivity index (χ1v) is 9.38. The van der Waals surface area contributed by atoms with E-state index in [4.69, 9.17) is 4.74 Å². The van der Waals surface area contributed by atoms with E-state index < -0.39 is 5.97 Å². The molecular formula is C22H27N2O3+. The van der Waals surface area contributed by atoms with Gasteiger partial charge in [-0.05, 0) is 43.0 Å². The van der Waals surface area contributed by atoms with Crippen molar-refractivity contribution in [2.24, 2.45) is 0 Å². The Bertz CT molecular complexity index is 847. The van der Waals surface area contributed by atoms with Crippen molar-refractivity contribution in [3.05, 3.63) is 64.7 Å². The lowest BCUT2D eigenvalue weighted by Gasteiger charge is -2.30. The predicted molar refractivity (Wildman–Crippen MR) is 105 cm³/mol. The lowest BCUT2D eigenvalue weighted by atomic mass is 9.87. The van der Waals surface area contributed by atoms with E-state index in [-0.39, 0.29) is 5.91 Å². The van der Waals surface area contributed by atoms with Crippen LogP contribution in [0, 0.1) is 6.92 Å². The van der Waals surface area contributed by atoms with Crippen molar-refractivity contribution in [3.63, 3.8) is 0 Å². The molecule has 0 bridgehead atoms. The van der Waals surface area contributed by atoms with Crippen LogP contribution in [0.1, 0.15) is 45.9 Å². The van der Waals surface area contributed by atoms with Gasteiger partial charge in [-0.2, -0.15) is 0 Å². The average molecular weight is 367 g/mol. The highest BCUT2D eigenvalue weighted by atomic mass is 16.5. The van der Waals surface area contributed by atoms with Crippen molar-refractivity contribution in [2.75, 3.05) is 26.0 Å². The summed E-state index contributed by atoms with van der Waals surface area (Å²) >= 11 is 0. The lowest BCUT2D eigenvalue weighted by Crippen LogP contribution is -3.10. The minimum atomic E-state index is -0.410. The number of carbonyl (C=O) groups excluding carboxylic acids is 2. The Labute approximate surface area is 160 Å². The summed E-state index contributed by atoms with van der Waals surface area (Å²) in [5, 5.41) is 2.96. The quantitative estimate of drug-likeness (QED) is 0.798. The highest BCUT2D eigenvalue weighted by Gasteiger charge is 2.28. The maximum absolute atomic E-state index is 12.6. The summed E-state index contributed by atoms with van der Waals surface area (Å²) < 4.78 is 4.76. The second-order valence-corrected chi connectivity index (χ2v) is 7.24. The van der Waals surface area contributed by atoms with Crippen molar-refractivity contribution < 1.29 is 19.2 Å². The zero-order valence-electron chi connectivity index (χ0n) is 16.2. The van der Waals surface area contributed by atoms with Gasteiger partial charge in [0.1, 0.15) is 6.04 Å². The first kappa shape index (κ1) is 19.1. The van der Waals surface area contributed by atoms with Gasteiger partial charge in [0.2, 0.25) is 0 Å². The van der Waals surface area contributed by atoms with Crippen LogP contribution in [0.3, 0.4) is 0 Å². The molecule has 1 aliphatic rings. The molecule has 1 unspecified atom stereocenters. The van der Waals surface area contributed by atoms with Gasteiger partial charge in [0.25, 0.3) is 5.91 Å². The smallest absolute Gasteiger partial charge is 0.337 e. The summed E-state index contributed by atoms with van der Waals surface area (Å²) in [7, 11) is 3.42. The number of anilines is 1. The fourth-order valence-electron chi connectivity index (χ4n) is 3.84. The molecular weight excluding hydrogens is 340 g/mol. The summed E-state index contributed by atoms with van der Waals surface area (Å²) in [5.74, 6) is -0.465. The molecule has 5 nitrogen and oxygen atoms in total. The molecule has 142 valence electrons. The standard InChI is InChI=1S/C22H26N2O3/c1-15-11-12-17(22(26)27-3)13-19(15)23-21(25)14-24(2)20-10-6-8-16-7-4-5-9-18(16)20/h4-5,7,9,11-13,20H,6,8,10,14H2,1-3H3,(H,23,25)/p+1/t20-/m1/s1. The van der Waals surface area contributed by atoms with Gasteiger partial charge in [-0.15, -0.1) is 0 Å². The van der Waals surface area contributed by atoms with Crippen LogP contribution in [0.25, 0.3) is 0 Å². The van der Waals surface area contributed by atoms with Gasteiger partial charge in [0, 0.05) is 17.7 Å². The Hall–Kier alpha value is -2.66. The van der Waals surface area contributed by atoms with Crippen LogP contribution in [0.5, 0.6) is 0 Å². The number of aryl methyl sites for hydroxylation is 2. The van der Waals surface area contributed by atoms with Gasteiger partial charge in [0.15, 0.2) is 6.54 Å². The monoisotopic (exact) mass is 367 g/mol. The fraction of sp³-hybridized carbons (Fsp3) is 0.364. The number of likely N-dealkylation sites (N-methyl/N-ethyl adjacent to an activating group) is 1. The third-order valence-electron chi connectivity index (χ3n) is 5.34. The number of amides is 1. The van der Waals surface area contributed by atoms with Crippen LogP contribution in [0.15, 0.2) is 42.5 Å². The molecule has 27 heavy (non-hydrogen) atoms. The number of hydrogen-bond donors (Lipinski definition) is 2. The van der Waals surface area contributed by atoms with Crippen molar-refractivity contribution in [1.82, 2.24) is 0 Å². The molecule has 0 radical (unpaired) electrons. The van der Waals surface area contributed by atoms with Crippen LogP contribution >= 0.6 is 0 Å². The zero-order valence-corrected chi connectivity index (χ0v) is 16.2. The lowest BCUT2D eigenvalue weighted by molar-refractivity contribution is -0.905. The number of ether oxygens (including phenoxy) is 1. The number of nitrogens with one attached hydrogen (secondary N) is 2. The van der Waals surface area contributed by atoms with E-state index in [1.807, 2.05) is 13.0 Å². The minimum absolute atomic E-state index is 0.0549. The molecule has 0 aliphatic heterocycles. The summed E-state index contributed by atoms with van der Waals surface area (Å²) in [6, 6.07) is 14.1. The van der Waals surface area contributed by atoms with Crippen LogP contribution in [0.4, 0.5) is 5.69 Å². The van der Waals surface area contributed by atoms with Crippen LogP contribution in [0.2, 0.25) is 0 Å². The fourth-order valence-corrected chi connectivity index (χ4v) is 3.84.